The van der Waals surface area contributed by atoms with Gasteiger partial charge >= 0.3 is 0 Å². The second-order valence-electron chi connectivity index (χ2n) is 5.75. The Bertz CT molecular complexity index is 793. The Morgan fingerprint density at radius 3 is 2.91 bits per heavy atom. The molecule has 1 N–H and O–H groups in total. The molecule has 0 saturated carbocycles. The van der Waals surface area contributed by atoms with Crippen LogP contribution in [0, 0.1) is 13.8 Å². The summed E-state index contributed by atoms with van der Waals surface area (Å²) in [5.41, 5.74) is 3.93. The van der Waals surface area contributed by atoms with E-state index in [1.54, 1.807) is 11.3 Å². The van der Waals surface area contributed by atoms with Gasteiger partial charge in [0.15, 0.2) is 0 Å². The lowest BCUT2D eigenvalue weighted by molar-refractivity contribution is 0.429. The summed E-state index contributed by atoms with van der Waals surface area (Å²) in [4.78, 5) is 1.30. The molecule has 3 aromatic rings. The van der Waals surface area contributed by atoms with Crippen LogP contribution in [-0.2, 0) is 0 Å². The SMILES string of the molecule is Cc1ccc([C@@H]2C[C@H](c3cccs3)n3nnnc3N2)cc1C. The minimum atomic E-state index is 0.192. The molecule has 0 spiro atoms. The molecule has 0 bridgehead atoms. The number of nitrogens with zero attached hydrogens (tertiary/aromatic N) is 4. The van der Waals surface area contributed by atoms with Gasteiger partial charge in [0.05, 0.1) is 12.1 Å². The van der Waals surface area contributed by atoms with E-state index in [9.17, 15) is 0 Å². The fraction of sp³-hybridized carbons (Fsp3) is 0.312. The molecule has 0 unspecified atom stereocenters. The normalized spacial score (nSPS) is 20.5. The largest absolute Gasteiger partial charge is 0.346 e. The smallest absolute Gasteiger partial charge is 0.244 e. The van der Waals surface area contributed by atoms with Gasteiger partial charge in [-0.2, -0.15) is 0 Å². The van der Waals surface area contributed by atoms with E-state index in [2.05, 4.69) is 70.4 Å². The zero-order chi connectivity index (χ0) is 15.1. The molecule has 2 aromatic heterocycles. The van der Waals surface area contributed by atoms with E-state index >= 15 is 0 Å². The average molecular weight is 311 g/mol. The lowest BCUT2D eigenvalue weighted by atomic mass is 9.94. The van der Waals surface area contributed by atoms with Crippen molar-refractivity contribution >= 4 is 17.3 Å². The first-order valence-electron chi connectivity index (χ1n) is 7.37. The maximum Gasteiger partial charge on any atom is 0.244 e. The monoisotopic (exact) mass is 311 g/mol. The van der Waals surface area contributed by atoms with Gasteiger partial charge in [-0.25, -0.2) is 4.68 Å². The van der Waals surface area contributed by atoms with Crippen LogP contribution in [0.3, 0.4) is 0 Å². The van der Waals surface area contributed by atoms with Gasteiger partial charge in [0.1, 0.15) is 0 Å². The molecule has 2 atom stereocenters. The van der Waals surface area contributed by atoms with Gasteiger partial charge in [0.2, 0.25) is 5.95 Å². The Kier molecular flexibility index (Phi) is 3.18. The number of hydrogen-bond acceptors (Lipinski definition) is 5. The molecule has 22 heavy (non-hydrogen) atoms. The highest BCUT2D eigenvalue weighted by molar-refractivity contribution is 7.10. The maximum atomic E-state index is 4.15. The van der Waals surface area contributed by atoms with Crippen molar-refractivity contribution in [2.24, 2.45) is 0 Å². The van der Waals surface area contributed by atoms with Crippen LogP contribution < -0.4 is 5.32 Å². The van der Waals surface area contributed by atoms with Crippen molar-refractivity contribution in [2.75, 3.05) is 5.32 Å². The van der Waals surface area contributed by atoms with E-state index in [1.165, 1.54) is 21.6 Å². The van der Waals surface area contributed by atoms with Gasteiger partial charge in [-0.15, -0.1) is 11.3 Å². The zero-order valence-electron chi connectivity index (χ0n) is 12.5. The van der Waals surface area contributed by atoms with Gasteiger partial charge in [-0.1, -0.05) is 29.4 Å². The minimum absolute atomic E-state index is 0.192. The lowest BCUT2D eigenvalue weighted by Crippen LogP contribution is -2.27. The Hall–Kier alpha value is -2.21. The molecule has 5 nitrogen and oxygen atoms in total. The molecule has 0 saturated heterocycles. The Balaban J connectivity index is 1.73. The van der Waals surface area contributed by atoms with Gasteiger partial charge in [-0.3, -0.25) is 0 Å². The molecule has 1 aliphatic rings. The topological polar surface area (TPSA) is 55.6 Å². The maximum absolute atomic E-state index is 4.15. The summed E-state index contributed by atoms with van der Waals surface area (Å²) < 4.78 is 1.89. The minimum Gasteiger partial charge on any atom is -0.346 e. The van der Waals surface area contributed by atoms with Crippen molar-refractivity contribution in [1.82, 2.24) is 20.2 Å². The van der Waals surface area contributed by atoms with Crippen LogP contribution in [0.1, 0.15) is 40.1 Å². The molecule has 0 aliphatic carbocycles. The van der Waals surface area contributed by atoms with Crippen molar-refractivity contribution < 1.29 is 0 Å². The number of aromatic nitrogens is 4. The molecule has 6 heteroatoms. The first-order chi connectivity index (χ1) is 10.7. The molecule has 112 valence electrons. The van der Waals surface area contributed by atoms with E-state index < -0.39 is 0 Å². The zero-order valence-corrected chi connectivity index (χ0v) is 13.3. The van der Waals surface area contributed by atoms with Crippen LogP contribution >= 0.6 is 11.3 Å². The number of thiophene rings is 1. The van der Waals surface area contributed by atoms with Crippen molar-refractivity contribution in [3.8, 4) is 0 Å². The highest BCUT2D eigenvalue weighted by Crippen LogP contribution is 2.38. The van der Waals surface area contributed by atoms with Crippen LogP contribution in [0.4, 0.5) is 5.95 Å². The van der Waals surface area contributed by atoms with E-state index in [0.29, 0.717) is 0 Å². The molecule has 3 heterocycles. The van der Waals surface area contributed by atoms with E-state index in [1.807, 2.05) is 4.68 Å². The summed E-state index contributed by atoms with van der Waals surface area (Å²) >= 11 is 1.76. The van der Waals surface area contributed by atoms with E-state index in [-0.39, 0.29) is 12.1 Å². The van der Waals surface area contributed by atoms with Gasteiger partial charge in [-0.05, 0) is 58.8 Å². The Labute approximate surface area is 133 Å². The highest BCUT2D eigenvalue weighted by atomic mass is 32.1. The number of benzene rings is 1. The summed E-state index contributed by atoms with van der Waals surface area (Å²) in [5, 5.41) is 17.7. The number of anilines is 1. The third-order valence-corrected chi connectivity index (χ3v) is 5.33. The average Bonchev–Trinajstić information content (AvgIpc) is 3.19. The molecular weight excluding hydrogens is 294 g/mol. The predicted molar refractivity (Wildman–Crippen MR) is 87.2 cm³/mol. The number of fused-ring (bicyclic) bond motifs is 1. The van der Waals surface area contributed by atoms with E-state index in [4.69, 9.17) is 0 Å². The van der Waals surface area contributed by atoms with Crippen molar-refractivity contribution in [2.45, 2.75) is 32.4 Å². The fourth-order valence-corrected chi connectivity index (χ4v) is 3.78. The Morgan fingerprint density at radius 1 is 1.23 bits per heavy atom. The second kappa shape index (κ2) is 5.21. The van der Waals surface area contributed by atoms with Crippen LogP contribution in [0.2, 0.25) is 0 Å². The molecule has 4 rings (SSSR count). The molecule has 0 fully saturated rings. The van der Waals surface area contributed by atoms with Crippen molar-refractivity contribution in [1.29, 1.82) is 0 Å². The number of hydrogen-bond donors (Lipinski definition) is 1. The lowest BCUT2D eigenvalue weighted by Gasteiger charge is -2.30. The second-order valence-corrected chi connectivity index (χ2v) is 6.73. The van der Waals surface area contributed by atoms with Crippen LogP contribution in [0.15, 0.2) is 35.7 Å². The first-order valence-corrected chi connectivity index (χ1v) is 8.25. The van der Waals surface area contributed by atoms with E-state index in [0.717, 1.165) is 12.4 Å². The Morgan fingerprint density at radius 2 is 2.14 bits per heavy atom. The van der Waals surface area contributed by atoms with Gasteiger partial charge in [0, 0.05) is 4.88 Å². The van der Waals surface area contributed by atoms with Gasteiger partial charge < -0.3 is 5.32 Å². The molecule has 1 aliphatic heterocycles. The number of tetrazole rings is 1. The first kappa shape index (κ1) is 13.5. The summed E-state index contributed by atoms with van der Waals surface area (Å²) in [6.07, 6.45) is 0.945. The van der Waals surface area contributed by atoms with Crippen LogP contribution in [0.5, 0.6) is 0 Å². The molecular formula is C16H17N5S. The third-order valence-electron chi connectivity index (χ3n) is 4.36. The molecule has 0 amide bonds. The third kappa shape index (κ3) is 2.20. The summed E-state index contributed by atoms with van der Waals surface area (Å²) in [5.74, 6) is 0.743. The van der Waals surface area contributed by atoms with Crippen LogP contribution in [-0.4, -0.2) is 20.2 Å². The van der Waals surface area contributed by atoms with Crippen molar-refractivity contribution in [3.05, 3.63) is 57.3 Å². The predicted octanol–water partition coefficient (Wildman–Crippen LogP) is 3.50. The molecule has 1 aromatic carbocycles. The summed E-state index contributed by atoms with van der Waals surface area (Å²) in [6.45, 7) is 4.30. The number of nitrogens with one attached hydrogen (secondary N) is 1. The quantitative estimate of drug-likeness (QED) is 0.787. The van der Waals surface area contributed by atoms with Gasteiger partial charge in [0.25, 0.3) is 0 Å². The van der Waals surface area contributed by atoms with Crippen LogP contribution in [0.25, 0.3) is 0 Å². The standard InChI is InChI=1S/C16H17N5S/c1-10-5-6-12(8-11(10)2)13-9-14(15-4-3-7-22-15)21-16(17-13)18-19-20-21/h3-8,13-14H,9H2,1-2H3,(H,17,18,20)/t13-,14+/m0/s1. The summed E-state index contributed by atoms with van der Waals surface area (Å²) in [6, 6.07) is 11.3. The number of aryl methyl sites for hydroxylation is 2. The summed E-state index contributed by atoms with van der Waals surface area (Å²) in [7, 11) is 0. The highest BCUT2D eigenvalue weighted by Gasteiger charge is 2.31. The fourth-order valence-electron chi connectivity index (χ4n) is 2.95. The van der Waals surface area contributed by atoms with Crippen molar-refractivity contribution in [3.63, 3.8) is 0 Å². The molecule has 0 radical (unpaired) electrons. The number of rotatable bonds is 2.